The van der Waals surface area contributed by atoms with Crippen LogP contribution in [0.4, 0.5) is 0 Å². The second kappa shape index (κ2) is 3.01. The number of hydrogen-bond donors (Lipinski definition) is 1. The largest absolute Gasteiger partial charge is 0.481 e. The standard InChI is InChI=1S/C7H13NO2/c1-8-4-2-3-6(8)5-7(9)10/h6H,2-5H2,1H3,(H,9,10)/i5+1,6+1,8+1. The normalized spacial score (nSPS) is 27.1. The summed E-state index contributed by atoms with van der Waals surface area (Å²) >= 11 is 0. The van der Waals surface area contributed by atoms with Gasteiger partial charge in [0.25, 0.3) is 0 Å². The van der Waals surface area contributed by atoms with E-state index < -0.39 is 5.97 Å². The van der Waals surface area contributed by atoms with Gasteiger partial charge in [0.2, 0.25) is 0 Å². The molecule has 1 rings (SSSR count). The molecule has 1 fully saturated rings. The lowest BCUT2D eigenvalue weighted by Gasteiger charge is -2.16. The van der Waals surface area contributed by atoms with E-state index in [1.165, 1.54) is 0 Å². The Bertz CT molecular complexity index is 136. The number of nitrogens with zero attached hydrogens (tertiary/aromatic N) is 1. The van der Waals surface area contributed by atoms with Gasteiger partial charge in [-0.3, -0.25) is 4.79 Å². The van der Waals surface area contributed by atoms with Crippen LogP contribution >= 0.6 is 0 Å². The molecule has 0 aromatic rings. The summed E-state index contributed by atoms with van der Waals surface area (Å²) in [5, 5.41) is 8.46. The van der Waals surface area contributed by atoms with E-state index in [-0.39, 0.29) is 6.04 Å². The first-order valence-corrected chi connectivity index (χ1v) is 3.62. The topological polar surface area (TPSA) is 40.5 Å². The molecule has 0 saturated carbocycles. The van der Waals surface area contributed by atoms with Gasteiger partial charge in [-0.25, -0.2) is 0 Å². The molecule has 0 radical (unpaired) electrons. The zero-order valence-electron chi connectivity index (χ0n) is 6.21. The quantitative estimate of drug-likeness (QED) is 0.457. The Kier molecular flexibility index (Phi) is 2.27. The van der Waals surface area contributed by atoms with Crippen LogP contribution in [0.15, 0.2) is 0 Å². The lowest BCUT2D eigenvalue weighted by molar-refractivity contribution is -0.138. The molecular weight excluding hydrogens is 133 g/mol. The molecule has 1 N–H and O–H groups in total. The third kappa shape index (κ3) is 1.70. The van der Waals surface area contributed by atoms with Crippen LogP contribution in [-0.4, -0.2) is 35.6 Å². The highest BCUT2D eigenvalue weighted by Crippen LogP contribution is 2.17. The highest BCUT2D eigenvalue weighted by atomic mass is 16.4. The fourth-order valence-electron chi connectivity index (χ4n) is 1.44. The van der Waals surface area contributed by atoms with Crippen LogP contribution in [0.25, 0.3) is 0 Å². The molecule has 0 bridgehead atoms. The Morgan fingerprint density at radius 3 is 2.90 bits per heavy atom. The van der Waals surface area contributed by atoms with Crippen LogP contribution in [0.2, 0.25) is 0 Å². The lowest BCUT2D eigenvalue weighted by Crippen LogP contribution is -2.27. The second-order valence-electron chi connectivity index (χ2n) is 2.87. The molecule has 0 aromatic heterocycles. The number of carboxylic acids is 1. The number of carboxylic acid groups (broad SMARTS) is 1. The number of aliphatic carboxylic acids is 1. The van der Waals surface area contributed by atoms with Crippen molar-refractivity contribution in [3.8, 4) is 0 Å². The average molecular weight is 146 g/mol. The summed E-state index contributed by atoms with van der Waals surface area (Å²) in [5.41, 5.74) is 0. The van der Waals surface area contributed by atoms with Crippen molar-refractivity contribution in [1.82, 2.24) is 4.90 Å². The van der Waals surface area contributed by atoms with Crippen molar-refractivity contribution in [2.45, 2.75) is 25.3 Å². The monoisotopic (exact) mass is 146 g/mol. The van der Waals surface area contributed by atoms with Crippen LogP contribution in [-0.2, 0) is 4.79 Å². The fourth-order valence-corrected chi connectivity index (χ4v) is 1.44. The van der Waals surface area contributed by atoms with Gasteiger partial charge in [-0.05, 0) is 26.4 Å². The van der Waals surface area contributed by atoms with E-state index in [9.17, 15) is 4.79 Å². The number of hydrogen-bond acceptors (Lipinski definition) is 2. The predicted octanol–water partition coefficient (Wildman–Crippen LogP) is 0.555. The van der Waals surface area contributed by atoms with Gasteiger partial charge in [-0.1, -0.05) is 0 Å². The van der Waals surface area contributed by atoms with Crippen LogP contribution in [0.3, 0.4) is 0 Å². The minimum Gasteiger partial charge on any atom is -0.481 e. The highest BCUT2D eigenvalue weighted by molar-refractivity contribution is 5.67. The molecule has 1 unspecified atom stereocenters. The molecule has 1 atom stereocenters. The van der Waals surface area contributed by atoms with Gasteiger partial charge in [0.15, 0.2) is 0 Å². The molecule has 1 aliphatic rings. The van der Waals surface area contributed by atoms with Crippen LogP contribution in [0.1, 0.15) is 19.3 Å². The van der Waals surface area contributed by atoms with E-state index in [1.807, 2.05) is 7.05 Å². The molecule has 3 nitrogen and oxygen atoms in total. The molecule has 10 heavy (non-hydrogen) atoms. The smallest absolute Gasteiger partial charge is 0.304 e. The zero-order chi connectivity index (χ0) is 7.56. The van der Waals surface area contributed by atoms with E-state index in [0.29, 0.717) is 6.42 Å². The van der Waals surface area contributed by atoms with E-state index in [2.05, 4.69) is 4.90 Å². The Morgan fingerprint density at radius 1 is 1.80 bits per heavy atom. The molecule has 0 aliphatic carbocycles. The maximum absolute atomic E-state index is 10.3. The van der Waals surface area contributed by atoms with Crippen molar-refractivity contribution >= 4 is 5.97 Å². The number of likely N-dealkylation sites (tertiary alicyclic amines) is 1. The number of rotatable bonds is 2. The van der Waals surface area contributed by atoms with Crippen LogP contribution in [0.5, 0.6) is 0 Å². The molecule has 0 spiro atoms. The Balaban J connectivity index is 2.33. The van der Waals surface area contributed by atoms with Crippen molar-refractivity contribution in [1.29, 1.82) is 0 Å². The van der Waals surface area contributed by atoms with Crippen LogP contribution < -0.4 is 0 Å². The van der Waals surface area contributed by atoms with Crippen molar-refractivity contribution in [3.05, 3.63) is 0 Å². The summed E-state index contributed by atoms with van der Waals surface area (Å²) in [4.78, 5) is 12.4. The first-order valence-electron chi connectivity index (χ1n) is 3.62. The molecule has 0 amide bonds. The first kappa shape index (κ1) is 7.54. The van der Waals surface area contributed by atoms with Gasteiger partial charge in [-0.15, -0.1) is 0 Å². The molecule has 58 valence electrons. The summed E-state index contributed by atoms with van der Waals surface area (Å²) in [6, 6.07) is 0.289. The Labute approximate surface area is 60.6 Å². The fraction of sp³-hybridized carbons (Fsp3) is 0.857. The summed E-state index contributed by atoms with van der Waals surface area (Å²) < 4.78 is 0. The molecule has 1 aliphatic heterocycles. The minimum absolute atomic E-state index is 0.289. The minimum atomic E-state index is -0.682. The molecule has 3 heteroatoms. The second-order valence-corrected chi connectivity index (χ2v) is 2.87. The molecule has 1 heterocycles. The van der Waals surface area contributed by atoms with Crippen molar-refractivity contribution in [2.24, 2.45) is 0 Å². The summed E-state index contributed by atoms with van der Waals surface area (Å²) in [6.45, 7) is 1.05. The highest BCUT2D eigenvalue weighted by Gasteiger charge is 2.22. The lowest BCUT2D eigenvalue weighted by atomic mass is 10.4. The predicted molar refractivity (Wildman–Crippen MR) is 37.9 cm³/mol. The van der Waals surface area contributed by atoms with Crippen molar-refractivity contribution in [2.75, 3.05) is 13.6 Å². The van der Waals surface area contributed by atoms with Crippen molar-refractivity contribution < 1.29 is 9.90 Å². The SMILES string of the molecule is C[15N]1CCC[13CH]1[13CH2]C(=O)O. The van der Waals surface area contributed by atoms with E-state index in [1.54, 1.807) is 0 Å². The summed E-state index contributed by atoms with van der Waals surface area (Å²) in [5.74, 6) is -0.682. The molecule has 0 aromatic carbocycles. The maximum Gasteiger partial charge on any atom is 0.304 e. The van der Waals surface area contributed by atoms with Gasteiger partial charge in [0, 0.05) is 6.04 Å². The van der Waals surface area contributed by atoms with Gasteiger partial charge in [-0.2, -0.15) is 0 Å². The molecule has 1 saturated heterocycles. The molecular formula is C7H13NO2. The Hall–Kier alpha value is -0.570. The third-order valence-corrected chi connectivity index (χ3v) is 2.08. The number of carbonyl (C=O) groups is 1. The van der Waals surface area contributed by atoms with E-state index in [4.69, 9.17) is 5.11 Å². The summed E-state index contributed by atoms with van der Waals surface area (Å²) in [6.07, 6.45) is 2.49. The summed E-state index contributed by atoms with van der Waals surface area (Å²) in [7, 11) is 1.99. The average Bonchev–Trinajstić information content (AvgIpc) is 2.15. The zero-order valence-corrected chi connectivity index (χ0v) is 6.21. The van der Waals surface area contributed by atoms with E-state index in [0.717, 1.165) is 19.4 Å². The van der Waals surface area contributed by atoms with Crippen LogP contribution in [0, 0.1) is 0 Å². The van der Waals surface area contributed by atoms with Gasteiger partial charge >= 0.3 is 5.97 Å². The third-order valence-electron chi connectivity index (χ3n) is 2.08. The van der Waals surface area contributed by atoms with E-state index >= 15 is 0 Å². The van der Waals surface area contributed by atoms with Gasteiger partial charge in [0.05, 0.1) is 6.42 Å². The first-order chi connectivity index (χ1) is 4.70. The Morgan fingerprint density at radius 2 is 2.50 bits per heavy atom. The van der Waals surface area contributed by atoms with Crippen molar-refractivity contribution in [3.63, 3.8) is 0 Å². The van der Waals surface area contributed by atoms with Gasteiger partial charge < -0.3 is 10.0 Å². The maximum atomic E-state index is 10.3. The van der Waals surface area contributed by atoms with Gasteiger partial charge in [0.1, 0.15) is 0 Å².